The van der Waals surface area contributed by atoms with Crippen LogP contribution >= 0.6 is 0 Å². The lowest BCUT2D eigenvalue weighted by Gasteiger charge is -2.44. The van der Waals surface area contributed by atoms with Crippen LogP contribution in [0.25, 0.3) is 0 Å². The fourth-order valence-electron chi connectivity index (χ4n) is 3.35. The van der Waals surface area contributed by atoms with Gasteiger partial charge in [0.2, 0.25) is 0 Å². The topological polar surface area (TPSA) is 61.6 Å². The van der Waals surface area contributed by atoms with E-state index >= 15 is 0 Å². The molecule has 2 aliphatic heterocycles. The highest BCUT2D eigenvalue weighted by Crippen LogP contribution is 2.22. The molecule has 6 nitrogen and oxygen atoms in total. The van der Waals surface area contributed by atoms with Crippen LogP contribution in [0.5, 0.6) is 0 Å². The van der Waals surface area contributed by atoms with E-state index in [1.54, 1.807) is 10.7 Å². The van der Waals surface area contributed by atoms with Gasteiger partial charge in [-0.2, -0.15) is 5.10 Å². The predicted molar refractivity (Wildman–Crippen MR) is 74.7 cm³/mol. The molecule has 110 valence electrons. The lowest BCUT2D eigenvalue weighted by Crippen LogP contribution is -2.54. The number of carboxylic acid groups (broad SMARTS) is 1. The Morgan fingerprint density at radius 1 is 1.40 bits per heavy atom. The second-order valence-corrected chi connectivity index (χ2v) is 5.87. The molecule has 0 aliphatic carbocycles. The number of nitrogens with zero attached hydrogens (tertiary/aromatic N) is 4. The predicted octanol–water partition coefficient (Wildman–Crippen LogP) is 0.788. The van der Waals surface area contributed by atoms with Crippen LogP contribution in [0.1, 0.15) is 35.4 Å². The minimum absolute atomic E-state index is 0.138. The summed E-state index contributed by atoms with van der Waals surface area (Å²) in [5, 5.41) is 13.0. The Bertz CT molecular complexity index is 499. The van der Waals surface area contributed by atoms with Gasteiger partial charge in [0, 0.05) is 39.3 Å². The Morgan fingerprint density at radius 2 is 2.25 bits per heavy atom. The maximum Gasteiger partial charge on any atom is 0.356 e. The second kappa shape index (κ2) is 5.54. The monoisotopic (exact) mass is 278 g/mol. The number of piperidine rings is 1. The van der Waals surface area contributed by atoms with Crippen LogP contribution in [0.15, 0.2) is 6.07 Å². The molecule has 20 heavy (non-hydrogen) atoms. The largest absolute Gasteiger partial charge is 0.476 e. The Hall–Kier alpha value is -1.40. The van der Waals surface area contributed by atoms with Gasteiger partial charge in [-0.25, -0.2) is 4.79 Å². The Labute approximate surface area is 119 Å². The molecule has 0 amide bonds. The number of fused-ring (bicyclic) bond motifs is 1. The van der Waals surface area contributed by atoms with Crippen molar-refractivity contribution in [2.45, 2.75) is 31.8 Å². The van der Waals surface area contributed by atoms with Gasteiger partial charge in [0.05, 0.1) is 5.69 Å². The molecule has 0 spiro atoms. The standard InChI is InChI=1S/C14H22N4O2/c1-16-12(8-13(15-16)14(19)20)10-17-6-7-18-5-3-2-4-11(18)9-17/h8,11H,2-7,9-10H2,1H3,(H,19,20). The second-order valence-electron chi connectivity index (χ2n) is 5.87. The van der Waals surface area contributed by atoms with E-state index in [9.17, 15) is 4.79 Å². The van der Waals surface area contributed by atoms with E-state index in [-0.39, 0.29) is 5.69 Å². The summed E-state index contributed by atoms with van der Waals surface area (Å²) in [6.07, 6.45) is 3.96. The van der Waals surface area contributed by atoms with Crippen LogP contribution in [0, 0.1) is 0 Å². The number of aromatic nitrogens is 2. The molecule has 2 saturated heterocycles. The normalized spacial score (nSPS) is 24.6. The number of hydrogen-bond acceptors (Lipinski definition) is 4. The van der Waals surface area contributed by atoms with E-state index in [0.29, 0.717) is 6.04 Å². The molecule has 1 aromatic heterocycles. The molecule has 0 saturated carbocycles. The molecule has 1 atom stereocenters. The summed E-state index contributed by atoms with van der Waals surface area (Å²) < 4.78 is 1.69. The SMILES string of the molecule is Cn1nc(C(=O)O)cc1CN1CCN2CCCCC2C1. The first-order valence-electron chi connectivity index (χ1n) is 7.36. The minimum atomic E-state index is -0.955. The first-order valence-corrected chi connectivity index (χ1v) is 7.36. The molecular formula is C14H22N4O2. The summed E-state index contributed by atoms with van der Waals surface area (Å²) in [4.78, 5) is 16.0. The quantitative estimate of drug-likeness (QED) is 0.885. The van der Waals surface area contributed by atoms with Crippen molar-refractivity contribution in [3.8, 4) is 0 Å². The Morgan fingerprint density at radius 3 is 3.00 bits per heavy atom. The average Bonchev–Trinajstić information content (AvgIpc) is 2.80. The molecule has 1 aromatic rings. The highest BCUT2D eigenvalue weighted by Gasteiger charge is 2.29. The van der Waals surface area contributed by atoms with E-state index in [2.05, 4.69) is 14.9 Å². The van der Waals surface area contributed by atoms with Gasteiger partial charge in [-0.15, -0.1) is 0 Å². The van der Waals surface area contributed by atoms with Crippen LogP contribution in [0.2, 0.25) is 0 Å². The van der Waals surface area contributed by atoms with Crippen molar-refractivity contribution < 1.29 is 9.90 Å². The number of carbonyl (C=O) groups is 1. The molecule has 0 radical (unpaired) electrons. The van der Waals surface area contributed by atoms with Crippen LogP contribution in [-0.2, 0) is 13.6 Å². The fourth-order valence-corrected chi connectivity index (χ4v) is 3.35. The zero-order valence-electron chi connectivity index (χ0n) is 12.0. The van der Waals surface area contributed by atoms with Gasteiger partial charge in [0.15, 0.2) is 5.69 Å². The summed E-state index contributed by atoms with van der Waals surface area (Å²) >= 11 is 0. The Balaban J connectivity index is 1.64. The van der Waals surface area contributed by atoms with Crippen molar-refractivity contribution in [1.29, 1.82) is 0 Å². The van der Waals surface area contributed by atoms with Gasteiger partial charge in [-0.05, 0) is 25.5 Å². The van der Waals surface area contributed by atoms with E-state index in [1.807, 2.05) is 7.05 Å². The van der Waals surface area contributed by atoms with Crippen molar-refractivity contribution in [2.75, 3.05) is 26.2 Å². The zero-order valence-corrected chi connectivity index (χ0v) is 12.0. The molecule has 3 heterocycles. The van der Waals surface area contributed by atoms with E-state index < -0.39 is 5.97 Å². The number of piperazine rings is 1. The minimum Gasteiger partial charge on any atom is -0.476 e. The molecule has 1 N–H and O–H groups in total. The van der Waals surface area contributed by atoms with E-state index in [0.717, 1.165) is 31.9 Å². The van der Waals surface area contributed by atoms with Gasteiger partial charge in [0.1, 0.15) is 0 Å². The lowest BCUT2D eigenvalue weighted by molar-refractivity contribution is 0.0446. The summed E-state index contributed by atoms with van der Waals surface area (Å²) in [6, 6.07) is 2.37. The van der Waals surface area contributed by atoms with Crippen molar-refractivity contribution in [3.05, 3.63) is 17.5 Å². The highest BCUT2D eigenvalue weighted by atomic mass is 16.4. The van der Waals surface area contributed by atoms with Crippen molar-refractivity contribution in [2.24, 2.45) is 7.05 Å². The maximum absolute atomic E-state index is 11.0. The van der Waals surface area contributed by atoms with Gasteiger partial charge < -0.3 is 5.11 Å². The van der Waals surface area contributed by atoms with Crippen molar-refractivity contribution >= 4 is 5.97 Å². The average molecular weight is 278 g/mol. The molecule has 3 rings (SSSR count). The number of hydrogen-bond donors (Lipinski definition) is 1. The molecule has 0 aromatic carbocycles. The maximum atomic E-state index is 11.0. The lowest BCUT2D eigenvalue weighted by atomic mass is 9.99. The zero-order chi connectivity index (χ0) is 14.1. The Kier molecular flexibility index (Phi) is 3.76. The summed E-state index contributed by atoms with van der Waals surface area (Å²) in [6.45, 7) is 5.32. The number of rotatable bonds is 3. The molecule has 0 bridgehead atoms. The van der Waals surface area contributed by atoms with Gasteiger partial charge in [-0.1, -0.05) is 6.42 Å². The van der Waals surface area contributed by atoms with Crippen LogP contribution in [0.3, 0.4) is 0 Å². The van der Waals surface area contributed by atoms with E-state index in [4.69, 9.17) is 5.11 Å². The third kappa shape index (κ3) is 2.71. The van der Waals surface area contributed by atoms with Crippen molar-refractivity contribution in [3.63, 3.8) is 0 Å². The molecule has 2 fully saturated rings. The van der Waals surface area contributed by atoms with Gasteiger partial charge >= 0.3 is 5.97 Å². The van der Waals surface area contributed by atoms with Gasteiger partial charge in [0.25, 0.3) is 0 Å². The summed E-state index contributed by atoms with van der Waals surface area (Å²) in [7, 11) is 1.82. The third-order valence-electron chi connectivity index (χ3n) is 4.50. The number of carboxylic acids is 1. The van der Waals surface area contributed by atoms with Crippen molar-refractivity contribution in [1.82, 2.24) is 19.6 Å². The smallest absolute Gasteiger partial charge is 0.356 e. The van der Waals surface area contributed by atoms with Crippen LogP contribution in [-0.4, -0.2) is 62.9 Å². The number of aromatic carboxylic acids is 1. The molecular weight excluding hydrogens is 256 g/mol. The van der Waals surface area contributed by atoms with Crippen LogP contribution < -0.4 is 0 Å². The molecule has 6 heteroatoms. The first kappa shape index (κ1) is 13.6. The van der Waals surface area contributed by atoms with Crippen LogP contribution in [0.4, 0.5) is 0 Å². The highest BCUT2D eigenvalue weighted by molar-refractivity contribution is 5.85. The fraction of sp³-hybridized carbons (Fsp3) is 0.714. The summed E-state index contributed by atoms with van der Waals surface area (Å²) in [5.41, 5.74) is 1.12. The van der Waals surface area contributed by atoms with E-state index in [1.165, 1.54) is 25.8 Å². The third-order valence-corrected chi connectivity index (χ3v) is 4.50. The summed E-state index contributed by atoms with van der Waals surface area (Å²) in [5.74, 6) is -0.955. The van der Waals surface area contributed by atoms with Gasteiger partial charge in [-0.3, -0.25) is 14.5 Å². The molecule has 2 aliphatic rings. The number of aryl methyl sites for hydroxylation is 1. The molecule has 1 unspecified atom stereocenters. The first-order chi connectivity index (χ1) is 9.63.